The molecular formula is C12H11FN4O. The highest BCUT2D eigenvalue weighted by molar-refractivity contribution is 5.99. The zero-order valence-electron chi connectivity index (χ0n) is 9.51. The van der Waals surface area contributed by atoms with Crippen molar-refractivity contribution in [2.24, 2.45) is 0 Å². The predicted molar refractivity (Wildman–Crippen MR) is 63.6 cm³/mol. The third kappa shape index (κ3) is 2.65. The third-order valence-corrected chi connectivity index (χ3v) is 2.26. The molecule has 2 aromatic heterocycles. The number of nitrogens with one attached hydrogen (secondary N) is 1. The normalized spacial score (nSPS) is 10.1. The Balaban J connectivity index is 2.34. The molecule has 2 heterocycles. The molecule has 6 heteroatoms. The summed E-state index contributed by atoms with van der Waals surface area (Å²) in [5, 5.41) is 2.46. The highest BCUT2D eigenvalue weighted by atomic mass is 19.1. The van der Waals surface area contributed by atoms with Crippen LogP contribution in [0.15, 0.2) is 36.9 Å². The van der Waals surface area contributed by atoms with Crippen LogP contribution in [0.3, 0.4) is 0 Å². The van der Waals surface area contributed by atoms with E-state index in [4.69, 9.17) is 0 Å². The Labute approximate surface area is 103 Å². The van der Waals surface area contributed by atoms with Gasteiger partial charge in [-0.05, 0) is 18.2 Å². The standard InChI is InChI=1S/C12H11FN4O/c13-4-7-16-12(18)9-2-1-5-15-11(9)10-3-6-14-8-17-10/h1-3,5-6,8H,4,7H2,(H,16,18). The van der Waals surface area contributed by atoms with Gasteiger partial charge in [0.25, 0.3) is 5.91 Å². The van der Waals surface area contributed by atoms with E-state index in [0.717, 1.165) is 0 Å². The lowest BCUT2D eigenvalue weighted by atomic mass is 10.1. The second-order valence-electron chi connectivity index (χ2n) is 3.44. The predicted octanol–water partition coefficient (Wildman–Crippen LogP) is 1.24. The summed E-state index contributed by atoms with van der Waals surface area (Å²) in [5.74, 6) is -0.366. The van der Waals surface area contributed by atoms with Crippen LogP contribution < -0.4 is 5.32 Å². The highest BCUT2D eigenvalue weighted by Crippen LogP contribution is 2.17. The van der Waals surface area contributed by atoms with Gasteiger partial charge in [-0.2, -0.15) is 0 Å². The van der Waals surface area contributed by atoms with E-state index in [-0.39, 0.29) is 12.5 Å². The van der Waals surface area contributed by atoms with E-state index in [1.807, 2.05) is 0 Å². The van der Waals surface area contributed by atoms with Crippen molar-refractivity contribution < 1.29 is 9.18 Å². The molecule has 0 aliphatic carbocycles. The lowest BCUT2D eigenvalue weighted by molar-refractivity contribution is 0.0951. The first kappa shape index (κ1) is 12.1. The molecule has 0 fully saturated rings. The summed E-state index contributed by atoms with van der Waals surface area (Å²) in [6.07, 6.45) is 4.52. The number of carbonyl (C=O) groups excluding carboxylic acids is 1. The van der Waals surface area contributed by atoms with Gasteiger partial charge in [-0.1, -0.05) is 0 Å². The highest BCUT2D eigenvalue weighted by Gasteiger charge is 2.13. The Morgan fingerprint density at radius 2 is 2.17 bits per heavy atom. The fourth-order valence-corrected chi connectivity index (χ4v) is 1.48. The molecule has 1 amide bonds. The van der Waals surface area contributed by atoms with Gasteiger partial charge in [-0.15, -0.1) is 0 Å². The number of alkyl halides is 1. The molecule has 5 nitrogen and oxygen atoms in total. The van der Waals surface area contributed by atoms with E-state index in [1.165, 1.54) is 6.33 Å². The molecule has 0 aliphatic heterocycles. The van der Waals surface area contributed by atoms with Crippen LogP contribution in [0.4, 0.5) is 4.39 Å². The number of nitrogens with zero attached hydrogens (tertiary/aromatic N) is 3. The summed E-state index contributed by atoms with van der Waals surface area (Å²) in [6.45, 7) is -0.619. The number of rotatable bonds is 4. The van der Waals surface area contributed by atoms with E-state index in [2.05, 4.69) is 20.3 Å². The van der Waals surface area contributed by atoms with Crippen molar-refractivity contribution >= 4 is 5.91 Å². The largest absolute Gasteiger partial charge is 0.349 e. The van der Waals surface area contributed by atoms with E-state index in [1.54, 1.807) is 30.6 Å². The Kier molecular flexibility index (Phi) is 3.90. The summed E-state index contributed by atoms with van der Waals surface area (Å²) < 4.78 is 12.0. The summed E-state index contributed by atoms with van der Waals surface area (Å²) in [5.41, 5.74) is 1.37. The summed E-state index contributed by atoms with van der Waals surface area (Å²) >= 11 is 0. The van der Waals surface area contributed by atoms with E-state index in [9.17, 15) is 9.18 Å². The van der Waals surface area contributed by atoms with Crippen molar-refractivity contribution in [3.05, 3.63) is 42.5 Å². The Hall–Kier alpha value is -2.37. The molecule has 92 valence electrons. The molecule has 0 aromatic carbocycles. The molecule has 0 saturated carbocycles. The van der Waals surface area contributed by atoms with Crippen LogP contribution in [0.1, 0.15) is 10.4 Å². The van der Waals surface area contributed by atoms with Crippen LogP contribution in [-0.4, -0.2) is 34.1 Å². The lowest BCUT2D eigenvalue weighted by Crippen LogP contribution is -2.26. The molecule has 0 spiro atoms. The summed E-state index contributed by atoms with van der Waals surface area (Å²) in [7, 11) is 0. The molecule has 2 aromatic rings. The third-order valence-electron chi connectivity index (χ3n) is 2.26. The Bertz CT molecular complexity index is 533. The summed E-state index contributed by atoms with van der Waals surface area (Å²) in [6, 6.07) is 4.93. The SMILES string of the molecule is O=C(NCCF)c1cccnc1-c1ccncn1. The first-order chi connectivity index (χ1) is 8.83. The monoisotopic (exact) mass is 246 g/mol. The van der Waals surface area contributed by atoms with E-state index in [0.29, 0.717) is 17.0 Å². The van der Waals surface area contributed by atoms with E-state index < -0.39 is 6.67 Å². The minimum atomic E-state index is -0.602. The minimum Gasteiger partial charge on any atom is -0.349 e. The van der Waals surface area contributed by atoms with Crippen molar-refractivity contribution in [1.82, 2.24) is 20.3 Å². The van der Waals surface area contributed by atoms with Gasteiger partial charge in [0, 0.05) is 18.9 Å². The maximum Gasteiger partial charge on any atom is 0.253 e. The second kappa shape index (κ2) is 5.81. The number of pyridine rings is 1. The Morgan fingerprint density at radius 1 is 1.28 bits per heavy atom. The smallest absolute Gasteiger partial charge is 0.253 e. The number of hydrogen-bond donors (Lipinski definition) is 1. The quantitative estimate of drug-likeness (QED) is 0.881. The van der Waals surface area contributed by atoms with Crippen molar-refractivity contribution in [3.8, 4) is 11.4 Å². The zero-order valence-corrected chi connectivity index (χ0v) is 9.51. The first-order valence-corrected chi connectivity index (χ1v) is 5.38. The number of carbonyl (C=O) groups is 1. The number of amides is 1. The van der Waals surface area contributed by atoms with Crippen molar-refractivity contribution in [1.29, 1.82) is 0 Å². The lowest BCUT2D eigenvalue weighted by Gasteiger charge is -2.07. The van der Waals surface area contributed by atoms with Gasteiger partial charge >= 0.3 is 0 Å². The molecule has 0 atom stereocenters. The maximum atomic E-state index is 12.0. The van der Waals surface area contributed by atoms with Crippen LogP contribution >= 0.6 is 0 Å². The van der Waals surface area contributed by atoms with Gasteiger partial charge in [0.2, 0.25) is 0 Å². The van der Waals surface area contributed by atoms with Gasteiger partial charge in [0.15, 0.2) is 0 Å². The molecule has 1 N–H and O–H groups in total. The van der Waals surface area contributed by atoms with Crippen LogP contribution in [0.25, 0.3) is 11.4 Å². The van der Waals surface area contributed by atoms with Gasteiger partial charge in [-0.25, -0.2) is 14.4 Å². The maximum absolute atomic E-state index is 12.0. The molecule has 0 radical (unpaired) electrons. The van der Waals surface area contributed by atoms with Crippen molar-refractivity contribution in [2.45, 2.75) is 0 Å². The zero-order chi connectivity index (χ0) is 12.8. The average Bonchev–Trinajstić information content (AvgIpc) is 2.45. The molecule has 18 heavy (non-hydrogen) atoms. The van der Waals surface area contributed by atoms with Crippen molar-refractivity contribution in [3.63, 3.8) is 0 Å². The Morgan fingerprint density at radius 3 is 2.89 bits per heavy atom. The molecule has 0 saturated heterocycles. The minimum absolute atomic E-state index is 0.0169. The van der Waals surface area contributed by atoms with Crippen LogP contribution in [-0.2, 0) is 0 Å². The van der Waals surface area contributed by atoms with E-state index >= 15 is 0 Å². The van der Waals surface area contributed by atoms with Crippen LogP contribution in [0.2, 0.25) is 0 Å². The topological polar surface area (TPSA) is 67.8 Å². The summed E-state index contributed by atoms with van der Waals surface area (Å²) in [4.78, 5) is 23.8. The fourth-order valence-electron chi connectivity index (χ4n) is 1.48. The van der Waals surface area contributed by atoms with Gasteiger partial charge in [0.05, 0.1) is 11.3 Å². The molecule has 0 bridgehead atoms. The second-order valence-corrected chi connectivity index (χ2v) is 3.44. The number of aromatic nitrogens is 3. The number of halogens is 1. The van der Waals surface area contributed by atoms with Gasteiger partial charge in [0.1, 0.15) is 18.7 Å². The molecular weight excluding hydrogens is 235 g/mol. The molecule has 2 rings (SSSR count). The van der Waals surface area contributed by atoms with Crippen molar-refractivity contribution in [2.75, 3.05) is 13.2 Å². The molecule has 0 aliphatic rings. The van der Waals surface area contributed by atoms with Crippen LogP contribution in [0.5, 0.6) is 0 Å². The van der Waals surface area contributed by atoms with Gasteiger partial charge < -0.3 is 5.32 Å². The fraction of sp³-hybridized carbons (Fsp3) is 0.167. The number of hydrogen-bond acceptors (Lipinski definition) is 4. The first-order valence-electron chi connectivity index (χ1n) is 5.38. The van der Waals surface area contributed by atoms with Crippen LogP contribution in [0, 0.1) is 0 Å². The van der Waals surface area contributed by atoms with Gasteiger partial charge in [-0.3, -0.25) is 9.78 Å². The molecule has 0 unspecified atom stereocenters. The average molecular weight is 246 g/mol.